The first kappa shape index (κ1) is 11.3. The van der Waals surface area contributed by atoms with Crippen LogP contribution >= 0.6 is 11.3 Å². The maximum Gasteiger partial charge on any atom is 0.238 e. The van der Waals surface area contributed by atoms with Crippen LogP contribution in [-0.4, -0.2) is 8.42 Å². The van der Waals surface area contributed by atoms with Crippen molar-refractivity contribution in [2.75, 3.05) is 0 Å². The van der Waals surface area contributed by atoms with Crippen LogP contribution in [0.2, 0.25) is 0 Å². The van der Waals surface area contributed by atoms with Crippen molar-refractivity contribution in [3.8, 4) is 0 Å². The molecule has 1 heterocycles. The molecule has 0 saturated carbocycles. The highest BCUT2D eigenvalue weighted by molar-refractivity contribution is 7.89. The summed E-state index contributed by atoms with van der Waals surface area (Å²) in [7, 11) is -3.63. The SMILES string of the molecule is NS(=O)(=O)c1ccccc1Cc1ccsc1. The zero-order chi connectivity index (χ0) is 11.6. The number of hydrogen-bond donors (Lipinski definition) is 1. The Hall–Kier alpha value is -1.17. The van der Waals surface area contributed by atoms with Gasteiger partial charge in [-0.05, 0) is 40.4 Å². The van der Waals surface area contributed by atoms with Gasteiger partial charge in [0.2, 0.25) is 10.0 Å². The average Bonchev–Trinajstić information content (AvgIpc) is 2.70. The maximum absolute atomic E-state index is 11.4. The van der Waals surface area contributed by atoms with E-state index < -0.39 is 10.0 Å². The Morgan fingerprint density at radius 1 is 1.19 bits per heavy atom. The molecule has 1 aromatic heterocycles. The van der Waals surface area contributed by atoms with Crippen LogP contribution < -0.4 is 5.14 Å². The molecule has 1 aromatic carbocycles. The molecule has 2 rings (SSSR count). The number of primary sulfonamides is 1. The second kappa shape index (κ2) is 4.37. The van der Waals surface area contributed by atoms with E-state index in [0.29, 0.717) is 6.42 Å². The number of rotatable bonds is 3. The molecule has 3 nitrogen and oxygen atoms in total. The number of nitrogens with two attached hydrogens (primary N) is 1. The Labute approximate surface area is 98.6 Å². The van der Waals surface area contributed by atoms with E-state index in [9.17, 15) is 8.42 Å². The molecule has 16 heavy (non-hydrogen) atoms. The van der Waals surface area contributed by atoms with Gasteiger partial charge in [0.05, 0.1) is 4.90 Å². The summed E-state index contributed by atoms with van der Waals surface area (Å²) in [4.78, 5) is 0.209. The van der Waals surface area contributed by atoms with Crippen LogP contribution in [0.3, 0.4) is 0 Å². The molecule has 2 aromatic rings. The maximum atomic E-state index is 11.4. The molecular formula is C11H11NO2S2. The topological polar surface area (TPSA) is 60.2 Å². The van der Waals surface area contributed by atoms with Crippen molar-refractivity contribution in [2.24, 2.45) is 5.14 Å². The zero-order valence-electron chi connectivity index (χ0n) is 8.46. The van der Waals surface area contributed by atoms with Crippen LogP contribution in [0.4, 0.5) is 0 Å². The molecule has 0 unspecified atom stereocenters. The van der Waals surface area contributed by atoms with Gasteiger partial charge in [-0.3, -0.25) is 0 Å². The number of hydrogen-bond acceptors (Lipinski definition) is 3. The number of benzene rings is 1. The summed E-state index contributed by atoms with van der Waals surface area (Å²) in [5, 5.41) is 9.13. The van der Waals surface area contributed by atoms with Crippen molar-refractivity contribution in [3.63, 3.8) is 0 Å². The predicted molar refractivity (Wildman–Crippen MR) is 64.9 cm³/mol. The number of sulfonamides is 1. The highest BCUT2D eigenvalue weighted by Crippen LogP contribution is 2.19. The summed E-state index contributed by atoms with van der Waals surface area (Å²) in [6.45, 7) is 0. The summed E-state index contributed by atoms with van der Waals surface area (Å²) in [6.07, 6.45) is 0.593. The van der Waals surface area contributed by atoms with Crippen molar-refractivity contribution in [1.82, 2.24) is 0 Å². The van der Waals surface area contributed by atoms with Crippen LogP contribution in [0, 0.1) is 0 Å². The first-order valence-corrected chi connectivity index (χ1v) is 7.18. The molecule has 0 aliphatic heterocycles. The van der Waals surface area contributed by atoms with E-state index >= 15 is 0 Å². The molecule has 0 aliphatic carbocycles. The van der Waals surface area contributed by atoms with Crippen LogP contribution in [0.25, 0.3) is 0 Å². The van der Waals surface area contributed by atoms with E-state index in [-0.39, 0.29) is 4.90 Å². The summed E-state index contributed by atoms with van der Waals surface area (Å²) in [6, 6.07) is 8.80. The third-order valence-corrected chi connectivity index (χ3v) is 4.00. The third kappa shape index (κ3) is 2.49. The quantitative estimate of drug-likeness (QED) is 0.909. The fourth-order valence-corrected chi connectivity index (χ4v) is 2.98. The first-order chi connectivity index (χ1) is 7.57. The molecule has 0 radical (unpaired) electrons. The lowest BCUT2D eigenvalue weighted by atomic mass is 10.1. The lowest BCUT2D eigenvalue weighted by Gasteiger charge is -2.05. The van der Waals surface area contributed by atoms with Gasteiger partial charge in [-0.1, -0.05) is 18.2 Å². The first-order valence-electron chi connectivity index (χ1n) is 4.69. The second-order valence-corrected chi connectivity index (χ2v) is 5.77. The molecule has 5 heteroatoms. The largest absolute Gasteiger partial charge is 0.238 e. The minimum Gasteiger partial charge on any atom is -0.225 e. The molecular weight excluding hydrogens is 242 g/mol. The van der Waals surface area contributed by atoms with Crippen molar-refractivity contribution in [3.05, 3.63) is 52.2 Å². The van der Waals surface area contributed by atoms with Crippen molar-refractivity contribution in [1.29, 1.82) is 0 Å². The molecule has 84 valence electrons. The van der Waals surface area contributed by atoms with Crippen LogP contribution in [-0.2, 0) is 16.4 Å². The standard InChI is InChI=1S/C11H11NO2S2/c12-16(13,14)11-4-2-1-3-10(11)7-9-5-6-15-8-9/h1-6,8H,7H2,(H2,12,13,14). The van der Waals surface area contributed by atoms with Crippen molar-refractivity contribution < 1.29 is 8.42 Å². The highest BCUT2D eigenvalue weighted by Gasteiger charge is 2.13. The lowest BCUT2D eigenvalue weighted by molar-refractivity contribution is 0.597. The van der Waals surface area contributed by atoms with Crippen LogP contribution in [0.15, 0.2) is 46.0 Å². The minimum absolute atomic E-state index is 0.209. The van der Waals surface area contributed by atoms with Gasteiger partial charge in [0.1, 0.15) is 0 Å². The molecule has 0 amide bonds. The molecule has 0 atom stereocenters. The Balaban J connectivity index is 2.42. The van der Waals surface area contributed by atoms with Gasteiger partial charge >= 0.3 is 0 Å². The zero-order valence-corrected chi connectivity index (χ0v) is 10.1. The van der Waals surface area contributed by atoms with Gasteiger partial charge in [-0.25, -0.2) is 13.6 Å². The molecule has 0 bridgehead atoms. The van der Waals surface area contributed by atoms with Crippen molar-refractivity contribution in [2.45, 2.75) is 11.3 Å². The number of thiophene rings is 1. The van der Waals surface area contributed by atoms with E-state index in [2.05, 4.69) is 0 Å². The average molecular weight is 253 g/mol. The minimum atomic E-state index is -3.63. The van der Waals surface area contributed by atoms with Gasteiger partial charge < -0.3 is 0 Å². The Kier molecular flexibility index (Phi) is 3.09. The smallest absolute Gasteiger partial charge is 0.225 e. The van der Waals surface area contributed by atoms with E-state index in [1.807, 2.05) is 22.9 Å². The summed E-state index contributed by atoms with van der Waals surface area (Å²) >= 11 is 1.59. The van der Waals surface area contributed by atoms with Gasteiger partial charge in [0.15, 0.2) is 0 Å². The second-order valence-electron chi connectivity index (χ2n) is 3.46. The van der Waals surface area contributed by atoms with Gasteiger partial charge in [-0.2, -0.15) is 11.3 Å². The normalized spacial score (nSPS) is 11.6. The highest BCUT2D eigenvalue weighted by atomic mass is 32.2. The van der Waals surface area contributed by atoms with Crippen LogP contribution in [0.5, 0.6) is 0 Å². The Morgan fingerprint density at radius 2 is 1.94 bits per heavy atom. The Morgan fingerprint density at radius 3 is 2.56 bits per heavy atom. The summed E-state index contributed by atoms with van der Waals surface area (Å²) in [5.41, 5.74) is 1.84. The third-order valence-electron chi connectivity index (χ3n) is 2.25. The van der Waals surface area contributed by atoms with E-state index in [1.165, 1.54) is 6.07 Å². The van der Waals surface area contributed by atoms with Crippen LogP contribution in [0.1, 0.15) is 11.1 Å². The summed E-state index contributed by atoms with van der Waals surface area (Å²) < 4.78 is 22.7. The summed E-state index contributed by atoms with van der Waals surface area (Å²) in [5.74, 6) is 0. The predicted octanol–water partition coefficient (Wildman–Crippen LogP) is 1.99. The van der Waals surface area contributed by atoms with Gasteiger partial charge in [0.25, 0.3) is 0 Å². The molecule has 2 N–H and O–H groups in total. The van der Waals surface area contributed by atoms with Crippen molar-refractivity contribution >= 4 is 21.4 Å². The Bertz CT molecular complexity index is 574. The molecule has 0 saturated heterocycles. The monoisotopic (exact) mass is 253 g/mol. The molecule has 0 aliphatic rings. The molecule has 0 fully saturated rings. The van der Waals surface area contributed by atoms with E-state index in [1.54, 1.807) is 23.5 Å². The van der Waals surface area contributed by atoms with Gasteiger partial charge in [0, 0.05) is 0 Å². The van der Waals surface area contributed by atoms with E-state index in [0.717, 1.165) is 11.1 Å². The lowest BCUT2D eigenvalue weighted by Crippen LogP contribution is -2.14. The molecule has 0 spiro atoms. The fraction of sp³-hybridized carbons (Fsp3) is 0.0909. The van der Waals surface area contributed by atoms with Gasteiger partial charge in [-0.15, -0.1) is 0 Å². The van der Waals surface area contributed by atoms with E-state index in [4.69, 9.17) is 5.14 Å². The fourth-order valence-electron chi connectivity index (χ4n) is 1.54.